The number of benzene rings is 1. The predicted octanol–water partition coefficient (Wildman–Crippen LogP) is 2.92. The maximum atomic E-state index is 5.26. The summed E-state index contributed by atoms with van der Waals surface area (Å²) in [5.41, 5.74) is 2.08. The molecule has 3 rings (SSSR count). The van der Waals surface area contributed by atoms with E-state index >= 15 is 0 Å². The molecule has 0 aliphatic heterocycles. The van der Waals surface area contributed by atoms with Gasteiger partial charge in [0.1, 0.15) is 11.6 Å². The van der Waals surface area contributed by atoms with Gasteiger partial charge in [0, 0.05) is 36.0 Å². The van der Waals surface area contributed by atoms with E-state index in [1.807, 2.05) is 35.3 Å². The normalized spacial score (nSPS) is 10.8. The minimum absolute atomic E-state index is 0.747. The van der Waals surface area contributed by atoms with Crippen LogP contribution in [-0.2, 0) is 6.54 Å². The Hall–Kier alpha value is -2.56. The molecule has 0 saturated carbocycles. The summed E-state index contributed by atoms with van der Waals surface area (Å²) in [6.45, 7) is 3.65. The summed E-state index contributed by atoms with van der Waals surface area (Å²) < 4.78 is 7.30. The molecule has 0 bridgehead atoms. The predicted molar refractivity (Wildman–Crippen MR) is 83.8 cm³/mol. The van der Waals surface area contributed by atoms with Crippen LogP contribution in [-0.4, -0.2) is 28.2 Å². The fourth-order valence-electron chi connectivity index (χ4n) is 2.34. The van der Waals surface area contributed by atoms with E-state index in [1.54, 1.807) is 13.3 Å². The number of aromatic nitrogens is 3. The minimum atomic E-state index is 0.747. The number of nitrogens with one attached hydrogen (secondary N) is 1. The first kappa shape index (κ1) is 13.4. The number of rotatable bonds is 5. The molecule has 0 spiro atoms. The molecule has 3 aromatic rings. The lowest BCUT2D eigenvalue weighted by atomic mass is 10.1. The van der Waals surface area contributed by atoms with E-state index < -0.39 is 0 Å². The van der Waals surface area contributed by atoms with Crippen molar-refractivity contribution in [1.29, 1.82) is 0 Å². The molecule has 108 valence electrons. The van der Waals surface area contributed by atoms with Gasteiger partial charge < -0.3 is 14.6 Å². The van der Waals surface area contributed by atoms with E-state index in [9.17, 15) is 0 Å². The quantitative estimate of drug-likeness (QED) is 0.781. The molecule has 0 aliphatic rings. The second-order valence-electron chi connectivity index (χ2n) is 4.82. The van der Waals surface area contributed by atoms with Crippen LogP contribution in [0.2, 0.25) is 0 Å². The lowest BCUT2D eigenvalue weighted by molar-refractivity contribution is 0.415. The second kappa shape index (κ2) is 5.83. The number of hydrogen-bond acceptors (Lipinski definition) is 4. The SMILES string of the molecule is CCNc1nc2cc(OC)ccc2cc1Cn1ccnc1. The Kier molecular flexibility index (Phi) is 3.73. The van der Waals surface area contributed by atoms with Crippen molar-refractivity contribution in [3.63, 3.8) is 0 Å². The summed E-state index contributed by atoms with van der Waals surface area (Å²) in [5, 5.41) is 4.44. The third-order valence-corrected chi connectivity index (χ3v) is 3.36. The Morgan fingerprint density at radius 2 is 2.19 bits per heavy atom. The Bertz CT molecular complexity index is 737. The summed E-state index contributed by atoms with van der Waals surface area (Å²) in [7, 11) is 1.67. The number of pyridine rings is 1. The monoisotopic (exact) mass is 282 g/mol. The van der Waals surface area contributed by atoms with Crippen molar-refractivity contribution < 1.29 is 4.74 Å². The first-order chi connectivity index (χ1) is 10.3. The third kappa shape index (κ3) is 2.81. The fourth-order valence-corrected chi connectivity index (χ4v) is 2.34. The Morgan fingerprint density at radius 1 is 1.29 bits per heavy atom. The summed E-state index contributed by atoms with van der Waals surface area (Å²) in [6.07, 6.45) is 5.55. The molecule has 0 fully saturated rings. The molecule has 0 radical (unpaired) electrons. The van der Waals surface area contributed by atoms with Gasteiger partial charge in [0.25, 0.3) is 0 Å². The first-order valence-electron chi connectivity index (χ1n) is 6.97. The summed E-state index contributed by atoms with van der Waals surface area (Å²) in [5.74, 6) is 1.73. The Morgan fingerprint density at radius 3 is 2.90 bits per heavy atom. The summed E-state index contributed by atoms with van der Waals surface area (Å²) in [4.78, 5) is 8.81. The van der Waals surface area contributed by atoms with Gasteiger partial charge >= 0.3 is 0 Å². The van der Waals surface area contributed by atoms with E-state index in [1.165, 1.54) is 0 Å². The number of hydrogen-bond donors (Lipinski definition) is 1. The van der Waals surface area contributed by atoms with E-state index in [0.29, 0.717) is 0 Å². The van der Waals surface area contributed by atoms with Crippen LogP contribution < -0.4 is 10.1 Å². The molecule has 1 aromatic carbocycles. The second-order valence-corrected chi connectivity index (χ2v) is 4.82. The molecular formula is C16H18N4O. The molecule has 2 aromatic heterocycles. The highest BCUT2D eigenvalue weighted by Crippen LogP contribution is 2.24. The van der Waals surface area contributed by atoms with Gasteiger partial charge in [0.2, 0.25) is 0 Å². The molecule has 1 N–H and O–H groups in total. The van der Waals surface area contributed by atoms with Gasteiger partial charge in [0.15, 0.2) is 0 Å². The zero-order chi connectivity index (χ0) is 14.7. The van der Waals surface area contributed by atoms with Crippen molar-refractivity contribution in [2.45, 2.75) is 13.5 Å². The van der Waals surface area contributed by atoms with Gasteiger partial charge in [-0.25, -0.2) is 9.97 Å². The molecular weight excluding hydrogens is 264 g/mol. The lowest BCUT2D eigenvalue weighted by Gasteiger charge is -2.12. The van der Waals surface area contributed by atoms with Gasteiger partial charge in [-0.2, -0.15) is 0 Å². The third-order valence-electron chi connectivity index (χ3n) is 3.36. The Labute approximate surface area is 123 Å². The van der Waals surface area contributed by atoms with Crippen LogP contribution in [0.3, 0.4) is 0 Å². The minimum Gasteiger partial charge on any atom is -0.497 e. The molecule has 0 atom stereocenters. The number of methoxy groups -OCH3 is 1. The van der Waals surface area contributed by atoms with Crippen LogP contribution in [0.15, 0.2) is 43.0 Å². The number of fused-ring (bicyclic) bond motifs is 1. The first-order valence-corrected chi connectivity index (χ1v) is 6.97. The van der Waals surface area contributed by atoms with Crippen LogP contribution >= 0.6 is 0 Å². The topological polar surface area (TPSA) is 52.0 Å². The van der Waals surface area contributed by atoms with Crippen LogP contribution in [0.25, 0.3) is 10.9 Å². The van der Waals surface area contributed by atoms with Crippen LogP contribution in [0.4, 0.5) is 5.82 Å². The average molecular weight is 282 g/mol. The van der Waals surface area contributed by atoms with Gasteiger partial charge in [-0.1, -0.05) is 0 Å². The highest BCUT2D eigenvalue weighted by atomic mass is 16.5. The van der Waals surface area contributed by atoms with Gasteiger partial charge in [-0.15, -0.1) is 0 Å². The van der Waals surface area contributed by atoms with Crippen LogP contribution in [0, 0.1) is 0 Å². The maximum Gasteiger partial charge on any atom is 0.131 e. The lowest BCUT2D eigenvalue weighted by Crippen LogP contribution is -2.07. The molecule has 0 aliphatic carbocycles. The van der Waals surface area contributed by atoms with E-state index in [2.05, 4.69) is 23.3 Å². The average Bonchev–Trinajstić information content (AvgIpc) is 3.00. The van der Waals surface area contributed by atoms with Crippen LogP contribution in [0.1, 0.15) is 12.5 Å². The van der Waals surface area contributed by atoms with Gasteiger partial charge in [-0.3, -0.25) is 0 Å². The molecule has 0 saturated heterocycles. The smallest absolute Gasteiger partial charge is 0.131 e. The molecule has 0 amide bonds. The van der Waals surface area contributed by atoms with Crippen molar-refractivity contribution in [3.8, 4) is 5.75 Å². The zero-order valence-electron chi connectivity index (χ0n) is 12.2. The molecule has 5 heteroatoms. The zero-order valence-corrected chi connectivity index (χ0v) is 12.2. The van der Waals surface area contributed by atoms with Gasteiger partial charge in [-0.05, 0) is 25.1 Å². The van der Waals surface area contributed by atoms with E-state index in [0.717, 1.165) is 41.1 Å². The highest BCUT2D eigenvalue weighted by molar-refractivity contribution is 5.83. The van der Waals surface area contributed by atoms with Crippen molar-refractivity contribution >= 4 is 16.7 Å². The van der Waals surface area contributed by atoms with Crippen molar-refractivity contribution in [3.05, 3.63) is 48.5 Å². The largest absolute Gasteiger partial charge is 0.497 e. The Balaban J connectivity index is 2.06. The maximum absolute atomic E-state index is 5.26. The number of ether oxygens (including phenoxy) is 1. The fraction of sp³-hybridized carbons (Fsp3) is 0.250. The summed E-state index contributed by atoms with van der Waals surface area (Å²) in [6, 6.07) is 8.11. The standard InChI is InChI=1S/C16H18N4O/c1-3-18-16-13(10-20-7-6-17-11-20)8-12-4-5-14(21-2)9-15(12)19-16/h4-9,11H,3,10H2,1-2H3,(H,18,19). The van der Waals surface area contributed by atoms with Crippen LogP contribution in [0.5, 0.6) is 5.75 Å². The number of anilines is 1. The molecule has 2 heterocycles. The number of imidazole rings is 1. The van der Waals surface area contributed by atoms with Gasteiger partial charge in [0.05, 0.1) is 25.5 Å². The van der Waals surface area contributed by atoms with Crippen molar-refractivity contribution in [1.82, 2.24) is 14.5 Å². The molecule has 0 unspecified atom stereocenters. The number of nitrogens with zero attached hydrogens (tertiary/aromatic N) is 3. The van der Waals surface area contributed by atoms with Crippen molar-refractivity contribution in [2.75, 3.05) is 19.0 Å². The molecule has 21 heavy (non-hydrogen) atoms. The summed E-state index contributed by atoms with van der Waals surface area (Å²) >= 11 is 0. The van der Waals surface area contributed by atoms with Crippen molar-refractivity contribution in [2.24, 2.45) is 0 Å². The van der Waals surface area contributed by atoms with E-state index in [-0.39, 0.29) is 0 Å². The van der Waals surface area contributed by atoms with E-state index in [4.69, 9.17) is 9.72 Å². The highest BCUT2D eigenvalue weighted by Gasteiger charge is 2.08. The molecule has 5 nitrogen and oxygen atoms in total.